The summed E-state index contributed by atoms with van der Waals surface area (Å²) in [6, 6.07) is 0. The third-order valence-corrected chi connectivity index (χ3v) is 4.76. The molecule has 122 valence electrons. The fourth-order valence-corrected chi connectivity index (χ4v) is 3.78. The average Bonchev–Trinajstić information content (AvgIpc) is 2.66. The van der Waals surface area contributed by atoms with Crippen molar-refractivity contribution in [2.45, 2.75) is 33.1 Å². The van der Waals surface area contributed by atoms with Crippen LogP contribution in [-0.4, -0.2) is 46.8 Å². The zero-order valence-electron chi connectivity index (χ0n) is 13.0. The Labute approximate surface area is 132 Å². The van der Waals surface area contributed by atoms with Gasteiger partial charge in [-0.25, -0.2) is 0 Å². The molecule has 1 saturated heterocycles. The lowest BCUT2D eigenvalue weighted by Gasteiger charge is -2.38. The van der Waals surface area contributed by atoms with Crippen LogP contribution >= 0.6 is 12.4 Å². The lowest BCUT2D eigenvalue weighted by atomic mass is 9.73. The molecule has 1 aliphatic heterocycles. The molecule has 5 nitrogen and oxygen atoms in total. The molecule has 2 atom stereocenters. The smallest absolute Gasteiger partial charge is 0.169 e. The SMILES string of the molecule is CCc1c(C)[nH]c2c1C(=O)[C@@H]1CN(C)CC[C@H]1C2.Cl.O.O. The van der Waals surface area contributed by atoms with Crippen LogP contribution in [0.4, 0.5) is 0 Å². The molecule has 0 bridgehead atoms. The summed E-state index contributed by atoms with van der Waals surface area (Å²) >= 11 is 0. The predicted octanol–water partition coefficient (Wildman–Crippen LogP) is 0.965. The van der Waals surface area contributed by atoms with Gasteiger partial charge in [0.05, 0.1) is 0 Å². The Hall–Kier alpha value is -0.880. The third-order valence-electron chi connectivity index (χ3n) is 4.76. The molecule has 21 heavy (non-hydrogen) atoms. The molecule has 1 aromatic rings. The number of carbonyl (C=O) groups excluding carboxylic acids is 1. The number of nitrogens with one attached hydrogen (secondary N) is 1. The molecule has 5 N–H and O–H groups in total. The van der Waals surface area contributed by atoms with E-state index in [9.17, 15) is 4.79 Å². The van der Waals surface area contributed by atoms with Crippen LogP contribution in [0.5, 0.6) is 0 Å². The Balaban J connectivity index is 0.00000133. The Morgan fingerprint density at radius 1 is 1.33 bits per heavy atom. The number of hydrogen-bond donors (Lipinski definition) is 1. The summed E-state index contributed by atoms with van der Waals surface area (Å²) in [5, 5.41) is 0. The van der Waals surface area contributed by atoms with Gasteiger partial charge in [-0.3, -0.25) is 4.79 Å². The van der Waals surface area contributed by atoms with E-state index >= 15 is 0 Å². The molecule has 0 unspecified atom stereocenters. The minimum atomic E-state index is 0. The topological polar surface area (TPSA) is 99.1 Å². The van der Waals surface area contributed by atoms with Gasteiger partial charge in [0.1, 0.15) is 0 Å². The fourth-order valence-electron chi connectivity index (χ4n) is 3.78. The second kappa shape index (κ2) is 7.40. The van der Waals surface area contributed by atoms with Gasteiger partial charge in [0, 0.05) is 29.4 Å². The summed E-state index contributed by atoms with van der Waals surface area (Å²) < 4.78 is 0. The summed E-state index contributed by atoms with van der Waals surface area (Å²) in [7, 11) is 2.13. The van der Waals surface area contributed by atoms with E-state index in [1.54, 1.807) is 0 Å². The normalized spacial score (nSPS) is 24.0. The number of carbonyl (C=O) groups is 1. The Morgan fingerprint density at radius 2 is 2.00 bits per heavy atom. The van der Waals surface area contributed by atoms with Crippen molar-refractivity contribution in [2.75, 3.05) is 20.1 Å². The van der Waals surface area contributed by atoms with E-state index in [0.29, 0.717) is 11.7 Å². The van der Waals surface area contributed by atoms with Gasteiger partial charge in [-0.1, -0.05) is 6.92 Å². The summed E-state index contributed by atoms with van der Waals surface area (Å²) in [4.78, 5) is 18.5. The molecule has 0 spiro atoms. The van der Waals surface area contributed by atoms with Gasteiger partial charge in [0.15, 0.2) is 5.78 Å². The van der Waals surface area contributed by atoms with Crippen LogP contribution in [0, 0.1) is 18.8 Å². The number of halogens is 1. The van der Waals surface area contributed by atoms with Crippen LogP contribution in [0.3, 0.4) is 0 Å². The fraction of sp³-hybridized carbons (Fsp3) is 0.667. The second-order valence-corrected chi connectivity index (χ2v) is 5.92. The minimum Gasteiger partial charge on any atom is -0.412 e. The molecule has 6 heteroatoms. The van der Waals surface area contributed by atoms with E-state index < -0.39 is 0 Å². The molecule has 3 rings (SSSR count). The quantitative estimate of drug-likeness (QED) is 0.834. The minimum absolute atomic E-state index is 0. The van der Waals surface area contributed by atoms with Crippen molar-refractivity contribution in [3.8, 4) is 0 Å². The van der Waals surface area contributed by atoms with Crippen molar-refractivity contribution in [2.24, 2.45) is 11.8 Å². The zero-order chi connectivity index (χ0) is 12.9. The molecular formula is C15H27ClN2O3. The maximum atomic E-state index is 12.7. The first-order valence-electron chi connectivity index (χ1n) is 7.04. The van der Waals surface area contributed by atoms with E-state index in [0.717, 1.165) is 37.9 Å². The first-order chi connectivity index (χ1) is 8.61. The molecular weight excluding hydrogens is 292 g/mol. The van der Waals surface area contributed by atoms with Gasteiger partial charge < -0.3 is 20.8 Å². The number of piperidine rings is 1. The lowest BCUT2D eigenvalue weighted by molar-refractivity contribution is 0.0705. The zero-order valence-corrected chi connectivity index (χ0v) is 13.8. The number of rotatable bonds is 1. The first kappa shape index (κ1) is 20.1. The summed E-state index contributed by atoms with van der Waals surface area (Å²) in [5.74, 6) is 1.19. The van der Waals surface area contributed by atoms with Gasteiger partial charge in [0.2, 0.25) is 0 Å². The summed E-state index contributed by atoms with van der Waals surface area (Å²) in [6.07, 6.45) is 3.18. The lowest BCUT2D eigenvalue weighted by Crippen LogP contribution is -2.45. The van der Waals surface area contributed by atoms with Gasteiger partial charge in [-0.05, 0) is 51.3 Å². The van der Waals surface area contributed by atoms with E-state index in [4.69, 9.17) is 0 Å². The van der Waals surface area contributed by atoms with Gasteiger partial charge in [0.25, 0.3) is 0 Å². The number of likely N-dealkylation sites (tertiary alicyclic amines) is 1. The number of H-pyrrole nitrogens is 1. The summed E-state index contributed by atoms with van der Waals surface area (Å²) in [5.41, 5.74) is 4.69. The van der Waals surface area contributed by atoms with Gasteiger partial charge in [-0.2, -0.15) is 0 Å². The molecule has 1 aromatic heterocycles. The number of ketones is 1. The van der Waals surface area contributed by atoms with Crippen LogP contribution in [0.25, 0.3) is 0 Å². The van der Waals surface area contributed by atoms with Crippen LogP contribution in [0.2, 0.25) is 0 Å². The second-order valence-electron chi connectivity index (χ2n) is 5.92. The standard InChI is InChI=1S/C15H22N2O.ClH.2H2O/c1-4-11-9(2)16-13-7-10-5-6-17(3)8-12(10)15(18)14(11)13;;;/h10,12,16H,4-8H2,1-3H3;1H;2*1H2/t10-,12+;;;/m0.../s1. The van der Waals surface area contributed by atoms with Crippen molar-refractivity contribution >= 4 is 18.2 Å². The van der Waals surface area contributed by atoms with Crippen LogP contribution in [0.15, 0.2) is 0 Å². The molecule has 2 heterocycles. The molecule has 1 aliphatic carbocycles. The highest BCUT2D eigenvalue weighted by Gasteiger charge is 2.40. The molecule has 0 aromatic carbocycles. The van der Waals surface area contributed by atoms with E-state index in [1.165, 1.54) is 17.0 Å². The Bertz CT molecular complexity index is 501. The summed E-state index contributed by atoms with van der Waals surface area (Å²) in [6.45, 7) is 6.31. The molecule has 0 saturated carbocycles. The Kier molecular flexibility index (Phi) is 7.09. The largest absolute Gasteiger partial charge is 0.412 e. The highest BCUT2D eigenvalue weighted by Crippen LogP contribution is 2.37. The highest BCUT2D eigenvalue weighted by molar-refractivity contribution is 6.02. The predicted molar refractivity (Wildman–Crippen MR) is 86.5 cm³/mol. The van der Waals surface area contributed by atoms with Crippen LogP contribution in [-0.2, 0) is 12.8 Å². The Morgan fingerprint density at radius 3 is 2.62 bits per heavy atom. The molecule has 0 amide bonds. The van der Waals surface area contributed by atoms with Gasteiger partial charge in [-0.15, -0.1) is 12.4 Å². The number of nitrogens with zero attached hydrogens (tertiary/aromatic N) is 1. The molecule has 2 aliphatic rings. The monoisotopic (exact) mass is 318 g/mol. The number of aromatic nitrogens is 1. The molecule has 1 fully saturated rings. The van der Waals surface area contributed by atoms with Crippen molar-refractivity contribution < 1.29 is 15.7 Å². The maximum absolute atomic E-state index is 12.7. The number of fused-ring (bicyclic) bond motifs is 2. The highest BCUT2D eigenvalue weighted by atomic mass is 35.5. The van der Waals surface area contributed by atoms with Crippen molar-refractivity contribution in [1.82, 2.24) is 9.88 Å². The third kappa shape index (κ3) is 3.16. The number of aryl methyl sites for hydroxylation is 1. The van der Waals surface area contributed by atoms with E-state index in [1.807, 2.05) is 0 Å². The van der Waals surface area contributed by atoms with Crippen LogP contribution < -0.4 is 0 Å². The van der Waals surface area contributed by atoms with Crippen molar-refractivity contribution in [3.05, 3.63) is 22.5 Å². The van der Waals surface area contributed by atoms with E-state index in [-0.39, 0.29) is 29.3 Å². The average molecular weight is 319 g/mol. The van der Waals surface area contributed by atoms with Crippen molar-refractivity contribution in [1.29, 1.82) is 0 Å². The van der Waals surface area contributed by atoms with Gasteiger partial charge >= 0.3 is 0 Å². The van der Waals surface area contributed by atoms with Crippen molar-refractivity contribution in [3.63, 3.8) is 0 Å². The number of aromatic amines is 1. The maximum Gasteiger partial charge on any atom is 0.169 e. The molecule has 0 radical (unpaired) electrons. The van der Waals surface area contributed by atoms with Crippen LogP contribution in [0.1, 0.15) is 40.7 Å². The van der Waals surface area contributed by atoms with E-state index in [2.05, 4.69) is 30.8 Å². The number of hydrogen-bond acceptors (Lipinski definition) is 2. The first-order valence-corrected chi connectivity index (χ1v) is 7.04. The number of Topliss-reactive ketones (excluding diaryl/α,β-unsaturated/α-hetero) is 1.